The molecule has 4 aliphatic rings. The molecule has 2 saturated carbocycles. The van der Waals surface area contributed by atoms with Crippen molar-refractivity contribution in [2.75, 3.05) is 0 Å². The Morgan fingerprint density at radius 2 is 2.00 bits per heavy atom. The molecule has 0 saturated heterocycles. The Balaban J connectivity index is 1.59. The van der Waals surface area contributed by atoms with E-state index in [2.05, 4.69) is 32.9 Å². The van der Waals surface area contributed by atoms with E-state index >= 15 is 0 Å². The van der Waals surface area contributed by atoms with E-state index in [9.17, 15) is 9.59 Å². The van der Waals surface area contributed by atoms with Crippen molar-refractivity contribution in [1.29, 1.82) is 0 Å². The van der Waals surface area contributed by atoms with Gasteiger partial charge in [0.2, 0.25) is 0 Å². The van der Waals surface area contributed by atoms with Crippen molar-refractivity contribution in [3.8, 4) is 0 Å². The zero-order valence-corrected chi connectivity index (χ0v) is 17.0. The van der Waals surface area contributed by atoms with Gasteiger partial charge in [0.15, 0.2) is 5.78 Å². The summed E-state index contributed by atoms with van der Waals surface area (Å²) in [5.41, 5.74) is 1.78. The fourth-order valence-electron chi connectivity index (χ4n) is 7.52. The van der Waals surface area contributed by atoms with E-state index in [1.165, 1.54) is 31.3 Å². The van der Waals surface area contributed by atoms with Crippen LogP contribution in [-0.4, -0.2) is 16.9 Å². The van der Waals surface area contributed by atoms with Gasteiger partial charge in [-0.25, -0.2) is 0 Å². The molecule has 3 nitrogen and oxygen atoms in total. The highest BCUT2D eigenvalue weighted by atomic mass is 16.4. The minimum absolute atomic E-state index is 0.168. The lowest BCUT2D eigenvalue weighted by atomic mass is 9.48. The average Bonchev–Trinajstić information content (AvgIpc) is 2.97. The predicted octanol–water partition coefficient (Wildman–Crippen LogP) is 5.41. The number of carbonyl (C=O) groups is 2. The van der Waals surface area contributed by atoms with E-state index < -0.39 is 5.97 Å². The second-order valence-corrected chi connectivity index (χ2v) is 10.3. The standard InChI is InChI=1S/C24H34O3/c1-15(4-9-22(26)27)19-7-8-20-18-6-5-16-14-17(25)10-12-23(16,2)21(18)11-13-24(19,20)3/h5-6,14-15,18-21H,4,7-13H2,1-3H3,(H,26,27)/t15-,18+,19-,20+,21+,23-,24+/m0/s1. The predicted molar refractivity (Wildman–Crippen MR) is 106 cm³/mol. The molecule has 4 rings (SSSR count). The van der Waals surface area contributed by atoms with Gasteiger partial charge < -0.3 is 5.11 Å². The minimum atomic E-state index is -0.667. The van der Waals surface area contributed by atoms with Crippen molar-refractivity contribution >= 4 is 11.8 Å². The smallest absolute Gasteiger partial charge is 0.303 e. The average molecular weight is 371 g/mol. The van der Waals surface area contributed by atoms with E-state index in [-0.39, 0.29) is 5.41 Å². The van der Waals surface area contributed by atoms with E-state index in [4.69, 9.17) is 5.11 Å². The molecule has 0 aromatic rings. The lowest BCUT2D eigenvalue weighted by Crippen LogP contribution is -2.49. The summed E-state index contributed by atoms with van der Waals surface area (Å²) in [5.74, 6) is 2.75. The third-order valence-corrected chi connectivity index (χ3v) is 9.09. The van der Waals surface area contributed by atoms with Gasteiger partial charge in [-0.3, -0.25) is 9.59 Å². The van der Waals surface area contributed by atoms with Crippen LogP contribution in [-0.2, 0) is 9.59 Å². The second-order valence-electron chi connectivity index (χ2n) is 10.3. The Morgan fingerprint density at radius 3 is 2.74 bits per heavy atom. The van der Waals surface area contributed by atoms with Crippen LogP contribution in [0.15, 0.2) is 23.8 Å². The first-order valence-electron chi connectivity index (χ1n) is 10.9. The summed E-state index contributed by atoms with van der Waals surface area (Å²) >= 11 is 0. The van der Waals surface area contributed by atoms with Crippen LogP contribution in [0.5, 0.6) is 0 Å². The highest BCUT2D eigenvalue weighted by Crippen LogP contribution is 2.66. The Hall–Kier alpha value is -1.38. The molecule has 0 spiro atoms. The molecule has 0 unspecified atom stereocenters. The molecule has 0 aromatic heterocycles. The third kappa shape index (κ3) is 2.93. The van der Waals surface area contributed by atoms with Crippen LogP contribution in [0.4, 0.5) is 0 Å². The van der Waals surface area contributed by atoms with Crippen LogP contribution in [0.1, 0.15) is 72.1 Å². The Morgan fingerprint density at radius 1 is 1.22 bits per heavy atom. The van der Waals surface area contributed by atoms with E-state index in [1.54, 1.807) is 0 Å². The number of aliphatic carboxylic acids is 1. The zero-order valence-electron chi connectivity index (χ0n) is 17.0. The lowest BCUT2D eigenvalue weighted by molar-refractivity contribution is -0.137. The van der Waals surface area contributed by atoms with Crippen LogP contribution in [0, 0.1) is 40.4 Å². The van der Waals surface area contributed by atoms with E-state index in [1.807, 2.05) is 6.08 Å². The van der Waals surface area contributed by atoms with Crippen molar-refractivity contribution in [3.05, 3.63) is 23.8 Å². The molecule has 1 N–H and O–H groups in total. The fourth-order valence-corrected chi connectivity index (χ4v) is 7.52. The molecule has 4 aliphatic carbocycles. The van der Waals surface area contributed by atoms with Gasteiger partial charge >= 0.3 is 5.97 Å². The SMILES string of the molecule is C[C@@H](CCC(=O)O)[C@@H]1CC[C@@H]2[C@H]3C=CC4=CC(=O)CC[C@]4(C)[C@@H]3CC[C@@]21C. The summed E-state index contributed by atoms with van der Waals surface area (Å²) in [5, 5.41) is 9.07. The number of rotatable bonds is 4. The maximum Gasteiger partial charge on any atom is 0.303 e. The maximum absolute atomic E-state index is 11.9. The van der Waals surface area contributed by atoms with Crippen LogP contribution in [0.3, 0.4) is 0 Å². The quantitative estimate of drug-likeness (QED) is 0.720. The van der Waals surface area contributed by atoms with Crippen molar-refractivity contribution < 1.29 is 14.7 Å². The van der Waals surface area contributed by atoms with Gasteiger partial charge in [-0.1, -0.05) is 32.9 Å². The molecule has 0 aromatic carbocycles. The molecule has 3 heteroatoms. The van der Waals surface area contributed by atoms with Gasteiger partial charge in [0.05, 0.1) is 0 Å². The summed E-state index contributed by atoms with van der Waals surface area (Å²) in [6.45, 7) is 7.17. The lowest BCUT2D eigenvalue weighted by Gasteiger charge is -2.56. The molecule has 0 aliphatic heterocycles. The monoisotopic (exact) mass is 370 g/mol. The van der Waals surface area contributed by atoms with Crippen molar-refractivity contribution in [2.45, 2.75) is 72.1 Å². The summed E-state index contributed by atoms with van der Waals surface area (Å²) < 4.78 is 0. The normalized spacial score (nSPS) is 44.1. The van der Waals surface area contributed by atoms with Gasteiger partial charge in [0.1, 0.15) is 0 Å². The molecular formula is C24H34O3. The first kappa shape index (κ1) is 19.0. The topological polar surface area (TPSA) is 54.4 Å². The molecule has 0 radical (unpaired) electrons. The zero-order chi connectivity index (χ0) is 19.4. The molecule has 7 atom stereocenters. The number of hydrogen-bond donors (Lipinski definition) is 1. The van der Waals surface area contributed by atoms with Crippen LogP contribution >= 0.6 is 0 Å². The minimum Gasteiger partial charge on any atom is -0.481 e. The van der Waals surface area contributed by atoms with Gasteiger partial charge in [-0.15, -0.1) is 0 Å². The van der Waals surface area contributed by atoms with E-state index in [0.717, 1.165) is 12.8 Å². The summed E-state index contributed by atoms with van der Waals surface area (Å²) in [6.07, 6.45) is 14.4. The summed E-state index contributed by atoms with van der Waals surface area (Å²) in [4.78, 5) is 23.0. The van der Waals surface area contributed by atoms with Gasteiger partial charge in [-0.2, -0.15) is 0 Å². The van der Waals surface area contributed by atoms with Crippen LogP contribution in [0.2, 0.25) is 0 Å². The Labute approximate surface area is 163 Å². The molecule has 27 heavy (non-hydrogen) atoms. The number of hydrogen-bond acceptors (Lipinski definition) is 2. The fraction of sp³-hybridized carbons (Fsp3) is 0.750. The molecular weight excluding hydrogens is 336 g/mol. The number of allylic oxidation sites excluding steroid dienone is 4. The molecule has 0 bridgehead atoms. The summed E-state index contributed by atoms with van der Waals surface area (Å²) in [6, 6.07) is 0. The Bertz CT molecular complexity index is 704. The van der Waals surface area contributed by atoms with Gasteiger partial charge in [0.25, 0.3) is 0 Å². The van der Waals surface area contributed by atoms with Crippen molar-refractivity contribution in [3.63, 3.8) is 0 Å². The number of carbonyl (C=O) groups excluding carboxylic acids is 1. The number of fused-ring (bicyclic) bond motifs is 5. The highest BCUT2D eigenvalue weighted by molar-refractivity contribution is 5.92. The first-order chi connectivity index (χ1) is 12.8. The van der Waals surface area contributed by atoms with Crippen molar-refractivity contribution in [2.24, 2.45) is 40.4 Å². The third-order valence-electron chi connectivity index (χ3n) is 9.09. The molecule has 0 amide bonds. The molecule has 0 heterocycles. The maximum atomic E-state index is 11.9. The van der Waals surface area contributed by atoms with E-state index in [0.29, 0.717) is 53.6 Å². The van der Waals surface area contributed by atoms with Crippen LogP contribution < -0.4 is 0 Å². The van der Waals surface area contributed by atoms with Gasteiger partial charge in [-0.05, 0) is 90.6 Å². The number of carboxylic acids is 1. The molecule has 2 fully saturated rings. The Kier molecular flexibility index (Phi) is 4.63. The number of carboxylic acid groups (broad SMARTS) is 1. The van der Waals surface area contributed by atoms with Crippen molar-refractivity contribution in [1.82, 2.24) is 0 Å². The largest absolute Gasteiger partial charge is 0.481 e. The molecule has 148 valence electrons. The first-order valence-corrected chi connectivity index (χ1v) is 10.9. The second kappa shape index (κ2) is 6.60. The number of ketones is 1. The summed E-state index contributed by atoms with van der Waals surface area (Å²) in [7, 11) is 0. The van der Waals surface area contributed by atoms with Gasteiger partial charge in [0, 0.05) is 12.8 Å². The van der Waals surface area contributed by atoms with Crippen LogP contribution in [0.25, 0.3) is 0 Å². The highest BCUT2D eigenvalue weighted by Gasteiger charge is 2.58.